The second-order valence-electron chi connectivity index (χ2n) is 9.50. The minimum absolute atomic E-state index is 0.102. The van der Waals surface area contributed by atoms with Crippen LogP contribution in [0.3, 0.4) is 0 Å². The van der Waals surface area contributed by atoms with Gasteiger partial charge in [-0.1, -0.05) is 26.7 Å². The minimum atomic E-state index is -0.350. The molecule has 1 aromatic heterocycles. The van der Waals surface area contributed by atoms with E-state index in [4.69, 9.17) is 13.1 Å². The highest BCUT2D eigenvalue weighted by atomic mass is 32.3. The largest absolute Gasteiger partial charge is 0.462 e. The van der Waals surface area contributed by atoms with Crippen LogP contribution in [0.1, 0.15) is 66.7 Å². The molecular formula is C30H42N6O5S2+2. The average Bonchev–Trinajstić information content (AvgIpc) is 3.00. The van der Waals surface area contributed by atoms with Crippen molar-refractivity contribution in [1.29, 1.82) is 0 Å². The maximum Gasteiger partial charge on any atom is 0.338 e. The van der Waals surface area contributed by atoms with E-state index in [0.29, 0.717) is 60.1 Å². The lowest BCUT2D eigenvalue weighted by atomic mass is 10.2. The Kier molecular flexibility index (Phi) is 14.9. The zero-order valence-electron chi connectivity index (χ0n) is 25.2. The normalized spacial score (nSPS) is 11.4. The molecule has 1 heterocycles. The van der Waals surface area contributed by atoms with Crippen LogP contribution in [0, 0.1) is 0 Å². The number of anilines is 5. The van der Waals surface area contributed by atoms with E-state index in [0.717, 1.165) is 49.9 Å². The van der Waals surface area contributed by atoms with Gasteiger partial charge in [0.25, 0.3) is 0 Å². The fourth-order valence-electron chi connectivity index (χ4n) is 3.63. The van der Waals surface area contributed by atoms with Crippen molar-refractivity contribution in [3.8, 4) is 0 Å². The summed E-state index contributed by atoms with van der Waals surface area (Å²) in [5, 5.41) is 9.65. The van der Waals surface area contributed by atoms with Crippen LogP contribution in [-0.4, -0.2) is 64.9 Å². The lowest BCUT2D eigenvalue weighted by Gasteiger charge is -2.12. The van der Waals surface area contributed by atoms with Gasteiger partial charge in [0.15, 0.2) is 12.0 Å². The molecule has 0 aliphatic rings. The van der Waals surface area contributed by atoms with Crippen molar-refractivity contribution in [2.24, 2.45) is 0 Å². The molecule has 11 nitrogen and oxygen atoms in total. The molecule has 1 atom stereocenters. The van der Waals surface area contributed by atoms with E-state index < -0.39 is 0 Å². The number of ether oxygens (including phenoxy) is 2. The standard InChI is InChI=1S/C30H40N6O5S2/c1-5-7-19-39-26(37)22-10-14-24(15-11-22)32-29-34-28(31-18-9-21-43(4)41-42-3)35-30(36-29)33-25-16-12-23(13-17-25)27(38)40-20-8-6-2/h10-17H,5-9,18-21H2,1-4H3,(H2-,31,32,33,34,35,36,37,38)/p+2. The minimum Gasteiger partial charge on any atom is -0.462 e. The van der Waals surface area contributed by atoms with Crippen LogP contribution in [-0.2, 0) is 36.3 Å². The third kappa shape index (κ3) is 12.3. The van der Waals surface area contributed by atoms with Gasteiger partial charge in [-0.15, -0.1) is 0 Å². The quantitative estimate of drug-likeness (QED) is 0.0659. The van der Waals surface area contributed by atoms with Gasteiger partial charge in [0.1, 0.15) is 18.3 Å². The molecule has 0 fully saturated rings. The van der Waals surface area contributed by atoms with Gasteiger partial charge < -0.3 is 25.4 Å². The summed E-state index contributed by atoms with van der Waals surface area (Å²) in [6, 6.07) is 13.9. The molecule has 2 aromatic carbocycles. The molecule has 0 saturated heterocycles. The molecule has 3 aromatic rings. The molecule has 43 heavy (non-hydrogen) atoms. The molecule has 3 N–H and O–H groups in total. The topological polar surface area (TPSA) is 137 Å². The van der Waals surface area contributed by atoms with Gasteiger partial charge in [-0.3, -0.25) is 0 Å². The van der Waals surface area contributed by atoms with E-state index in [2.05, 4.69) is 37.2 Å². The summed E-state index contributed by atoms with van der Waals surface area (Å²) in [5.41, 5.74) is 2.34. The Hall–Kier alpha value is -3.55. The number of esters is 2. The number of rotatable bonds is 19. The molecule has 0 bridgehead atoms. The number of thiol groups is 1. The summed E-state index contributed by atoms with van der Waals surface area (Å²) in [4.78, 5) is 38.1. The van der Waals surface area contributed by atoms with Gasteiger partial charge in [0.05, 0.1) is 24.3 Å². The van der Waals surface area contributed by atoms with Gasteiger partial charge in [-0.05, 0) is 61.4 Å². The van der Waals surface area contributed by atoms with E-state index in [-0.39, 0.29) is 23.1 Å². The maximum absolute atomic E-state index is 12.2. The van der Waals surface area contributed by atoms with Gasteiger partial charge >= 0.3 is 11.9 Å². The Balaban J connectivity index is 1.71. The molecule has 1 unspecified atom stereocenters. The number of carbonyl (C=O) groups is 2. The van der Waals surface area contributed by atoms with Crippen molar-refractivity contribution >= 4 is 64.4 Å². The zero-order valence-corrected chi connectivity index (χ0v) is 26.9. The van der Waals surface area contributed by atoms with E-state index >= 15 is 0 Å². The van der Waals surface area contributed by atoms with Gasteiger partial charge in [-0.25, -0.2) is 9.59 Å². The third-order valence-electron chi connectivity index (χ3n) is 5.94. The maximum atomic E-state index is 12.2. The van der Waals surface area contributed by atoms with Crippen molar-refractivity contribution in [2.45, 2.75) is 46.0 Å². The van der Waals surface area contributed by atoms with Crippen LogP contribution in [0.15, 0.2) is 48.5 Å². The fraction of sp³-hybridized carbons (Fsp3) is 0.433. The molecular weight excluding hydrogens is 589 g/mol. The molecule has 0 spiro atoms. The predicted octanol–water partition coefficient (Wildman–Crippen LogP) is 5.61. The molecule has 0 saturated carbocycles. The van der Waals surface area contributed by atoms with Crippen molar-refractivity contribution < 1.29 is 22.7 Å². The molecule has 13 heteroatoms. The van der Waals surface area contributed by atoms with E-state index in [9.17, 15) is 9.59 Å². The Labute approximate surface area is 261 Å². The molecule has 3 rings (SSSR count). The number of benzene rings is 2. The molecule has 232 valence electrons. The summed E-state index contributed by atoms with van der Waals surface area (Å²) in [6.45, 7) is 5.56. The summed E-state index contributed by atoms with van der Waals surface area (Å²) in [6.07, 6.45) is 8.52. The van der Waals surface area contributed by atoms with Crippen molar-refractivity contribution in [1.82, 2.24) is 15.0 Å². The van der Waals surface area contributed by atoms with Crippen LogP contribution in [0.25, 0.3) is 0 Å². The molecule has 0 aliphatic heterocycles. The Morgan fingerprint density at radius 3 is 1.65 bits per heavy atom. The first-order valence-corrected chi connectivity index (χ1v) is 17.4. The summed E-state index contributed by atoms with van der Waals surface area (Å²) < 4.78 is 16.2. The number of carbonyl (C=O) groups excluding carboxylic acids is 2. The lowest BCUT2D eigenvalue weighted by molar-refractivity contribution is 0.0490. The van der Waals surface area contributed by atoms with Crippen LogP contribution < -0.4 is 16.0 Å². The van der Waals surface area contributed by atoms with Crippen molar-refractivity contribution in [2.75, 3.05) is 54.0 Å². The SMILES string of the molecule is CCCCOC(=O)c1ccc(Nc2nc(NCCC[S+](C)O[SH+]C)nc(Nc3ccc(C(=O)OCCCC)cc3)n2)cc1. The van der Waals surface area contributed by atoms with Crippen LogP contribution in [0.5, 0.6) is 0 Å². The highest BCUT2D eigenvalue weighted by Gasteiger charge is 2.17. The zero-order chi connectivity index (χ0) is 30.9. The number of hydrogen-bond acceptors (Lipinski definition) is 11. The first-order valence-electron chi connectivity index (χ1n) is 14.4. The Bertz CT molecular complexity index is 1200. The highest BCUT2D eigenvalue weighted by molar-refractivity contribution is 7.98. The van der Waals surface area contributed by atoms with Gasteiger partial charge in [-0.2, -0.15) is 15.0 Å². The third-order valence-corrected chi connectivity index (χ3v) is 8.42. The average molecular weight is 631 g/mol. The van der Waals surface area contributed by atoms with Crippen LogP contribution >= 0.6 is 0 Å². The number of unbranched alkanes of at least 4 members (excludes halogenated alkanes) is 2. The number of aromatic nitrogens is 3. The Morgan fingerprint density at radius 1 is 0.744 bits per heavy atom. The molecule has 0 aliphatic carbocycles. The smallest absolute Gasteiger partial charge is 0.338 e. The summed E-state index contributed by atoms with van der Waals surface area (Å²) >= 11 is 0.823. The first-order chi connectivity index (χ1) is 20.9. The second-order valence-corrected chi connectivity index (χ2v) is 12.0. The second kappa shape index (κ2) is 18.9. The van der Waals surface area contributed by atoms with Crippen molar-refractivity contribution in [3.05, 3.63) is 59.7 Å². The molecule has 0 radical (unpaired) electrons. The number of hydrogen-bond donors (Lipinski definition) is 3. The fourth-order valence-corrected chi connectivity index (χ4v) is 5.50. The van der Waals surface area contributed by atoms with Crippen molar-refractivity contribution in [3.63, 3.8) is 0 Å². The van der Waals surface area contributed by atoms with Crippen LogP contribution in [0.2, 0.25) is 0 Å². The Morgan fingerprint density at radius 2 is 1.21 bits per heavy atom. The van der Waals surface area contributed by atoms with E-state index in [1.807, 2.05) is 20.1 Å². The lowest BCUT2D eigenvalue weighted by Crippen LogP contribution is -2.15. The van der Waals surface area contributed by atoms with Crippen LogP contribution in [0.4, 0.5) is 29.2 Å². The first kappa shape index (κ1) is 33.9. The summed E-state index contributed by atoms with van der Waals surface area (Å²) in [5.74, 6) is 1.26. The molecule has 0 amide bonds. The number of nitrogens with zero attached hydrogens (tertiary/aromatic N) is 3. The van der Waals surface area contributed by atoms with Gasteiger partial charge in [0.2, 0.25) is 29.0 Å². The summed E-state index contributed by atoms with van der Waals surface area (Å²) in [7, 11) is 0. The van der Waals surface area contributed by atoms with E-state index in [1.54, 1.807) is 48.5 Å². The predicted molar refractivity (Wildman–Crippen MR) is 177 cm³/mol. The monoisotopic (exact) mass is 630 g/mol. The highest BCUT2D eigenvalue weighted by Crippen LogP contribution is 2.20. The van der Waals surface area contributed by atoms with E-state index in [1.165, 1.54) is 0 Å². The van der Waals surface area contributed by atoms with Gasteiger partial charge in [0, 0.05) is 28.0 Å². The number of nitrogens with one attached hydrogen (secondary N) is 3.